The predicted octanol–water partition coefficient (Wildman–Crippen LogP) is 2.52. The number of anilines is 2. The van der Waals surface area contributed by atoms with Crippen molar-refractivity contribution in [3.05, 3.63) is 53.2 Å². The molecule has 2 aromatic rings. The maximum Gasteiger partial charge on any atom is 0.128 e. The molecule has 110 valence electrons. The Kier molecular flexibility index (Phi) is 4.27. The highest BCUT2D eigenvalue weighted by Gasteiger charge is 2.18. The summed E-state index contributed by atoms with van der Waals surface area (Å²) in [7, 11) is 0. The number of pyridine rings is 1. The third-order valence-corrected chi connectivity index (χ3v) is 4.09. The van der Waals surface area contributed by atoms with Gasteiger partial charge in [-0.25, -0.2) is 4.98 Å². The second-order valence-corrected chi connectivity index (χ2v) is 5.61. The molecule has 0 unspecified atom stereocenters. The third-order valence-electron chi connectivity index (χ3n) is 3.84. The van der Waals surface area contributed by atoms with Crippen LogP contribution in [0.2, 0.25) is 5.02 Å². The predicted molar refractivity (Wildman–Crippen MR) is 88.0 cm³/mol. The monoisotopic (exact) mass is 302 g/mol. The van der Waals surface area contributed by atoms with Gasteiger partial charge in [-0.3, -0.25) is 0 Å². The Labute approximate surface area is 130 Å². The lowest BCUT2D eigenvalue weighted by Gasteiger charge is -2.36. The van der Waals surface area contributed by atoms with E-state index in [0.717, 1.165) is 42.6 Å². The van der Waals surface area contributed by atoms with E-state index in [0.29, 0.717) is 6.54 Å². The normalized spacial score (nSPS) is 15.3. The highest BCUT2D eigenvalue weighted by molar-refractivity contribution is 6.30. The van der Waals surface area contributed by atoms with Crippen molar-refractivity contribution in [3.63, 3.8) is 0 Å². The number of nitrogens with zero attached hydrogens (tertiary/aromatic N) is 3. The molecule has 2 N–H and O–H groups in total. The van der Waals surface area contributed by atoms with Crippen LogP contribution in [0.5, 0.6) is 0 Å². The van der Waals surface area contributed by atoms with Crippen molar-refractivity contribution in [2.24, 2.45) is 5.73 Å². The minimum absolute atomic E-state index is 0.556. The van der Waals surface area contributed by atoms with Gasteiger partial charge < -0.3 is 15.5 Å². The summed E-state index contributed by atoms with van der Waals surface area (Å²) in [4.78, 5) is 9.14. The molecule has 0 aliphatic carbocycles. The van der Waals surface area contributed by atoms with Gasteiger partial charge in [0.05, 0.1) is 0 Å². The number of halogens is 1. The Bertz CT molecular complexity index is 591. The molecule has 0 spiro atoms. The van der Waals surface area contributed by atoms with Crippen molar-refractivity contribution >= 4 is 23.1 Å². The highest BCUT2D eigenvalue weighted by atomic mass is 35.5. The minimum Gasteiger partial charge on any atom is -0.368 e. The van der Waals surface area contributed by atoms with E-state index in [4.69, 9.17) is 17.3 Å². The first-order chi connectivity index (χ1) is 10.3. The van der Waals surface area contributed by atoms with E-state index in [1.165, 1.54) is 5.69 Å². The van der Waals surface area contributed by atoms with Gasteiger partial charge in [-0.05, 0) is 42.0 Å². The largest absolute Gasteiger partial charge is 0.368 e. The molecule has 3 rings (SSSR count). The van der Waals surface area contributed by atoms with E-state index in [1.807, 2.05) is 24.4 Å². The number of aromatic nitrogens is 1. The summed E-state index contributed by atoms with van der Waals surface area (Å²) in [6.07, 6.45) is 1.84. The number of nitrogens with two attached hydrogens (primary N) is 1. The number of piperazine rings is 1. The number of benzene rings is 1. The summed E-state index contributed by atoms with van der Waals surface area (Å²) < 4.78 is 0. The summed E-state index contributed by atoms with van der Waals surface area (Å²) in [5.41, 5.74) is 8.04. The molecule has 5 heteroatoms. The van der Waals surface area contributed by atoms with Crippen molar-refractivity contribution in [1.29, 1.82) is 0 Å². The second-order valence-electron chi connectivity index (χ2n) is 5.18. The van der Waals surface area contributed by atoms with Crippen LogP contribution in [-0.4, -0.2) is 31.2 Å². The first-order valence-electron chi connectivity index (χ1n) is 7.17. The van der Waals surface area contributed by atoms with Crippen molar-refractivity contribution < 1.29 is 0 Å². The zero-order chi connectivity index (χ0) is 14.7. The van der Waals surface area contributed by atoms with Crippen LogP contribution < -0.4 is 15.5 Å². The molecule has 1 fully saturated rings. The SMILES string of the molecule is NCc1ccnc(N2CCN(c3ccc(Cl)cc3)CC2)c1. The number of hydrogen-bond donors (Lipinski definition) is 1. The molecule has 1 aliphatic heterocycles. The Morgan fingerprint density at radius 1 is 1.00 bits per heavy atom. The van der Waals surface area contributed by atoms with E-state index < -0.39 is 0 Å². The lowest BCUT2D eigenvalue weighted by Crippen LogP contribution is -2.46. The van der Waals surface area contributed by atoms with Crippen molar-refractivity contribution in [2.75, 3.05) is 36.0 Å². The van der Waals surface area contributed by atoms with Crippen LogP contribution in [0.3, 0.4) is 0 Å². The Morgan fingerprint density at radius 2 is 1.67 bits per heavy atom. The van der Waals surface area contributed by atoms with E-state index in [1.54, 1.807) is 0 Å². The van der Waals surface area contributed by atoms with Gasteiger partial charge in [0.15, 0.2) is 0 Å². The molecule has 2 heterocycles. The molecule has 0 saturated carbocycles. The molecule has 1 aromatic heterocycles. The molecule has 0 atom stereocenters. The first-order valence-corrected chi connectivity index (χ1v) is 7.54. The molecule has 1 aliphatic rings. The maximum atomic E-state index is 5.94. The van der Waals surface area contributed by atoms with Gasteiger partial charge in [0.25, 0.3) is 0 Å². The molecule has 0 bridgehead atoms. The quantitative estimate of drug-likeness (QED) is 0.946. The average Bonchev–Trinajstić information content (AvgIpc) is 2.56. The molecule has 4 nitrogen and oxygen atoms in total. The van der Waals surface area contributed by atoms with Gasteiger partial charge >= 0.3 is 0 Å². The molecule has 0 amide bonds. The average molecular weight is 303 g/mol. The second kappa shape index (κ2) is 6.33. The zero-order valence-corrected chi connectivity index (χ0v) is 12.6. The fraction of sp³-hybridized carbons (Fsp3) is 0.312. The molecule has 1 aromatic carbocycles. The lowest BCUT2D eigenvalue weighted by atomic mass is 10.2. The standard InChI is InChI=1S/C16H19ClN4/c17-14-1-3-15(4-2-14)20-7-9-21(10-8-20)16-11-13(12-18)5-6-19-16/h1-6,11H,7-10,12,18H2. The van der Waals surface area contributed by atoms with Crippen molar-refractivity contribution in [2.45, 2.75) is 6.54 Å². The Balaban J connectivity index is 1.65. The van der Waals surface area contributed by atoms with Gasteiger partial charge in [0.1, 0.15) is 5.82 Å². The first kappa shape index (κ1) is 14.2. The van der Waals surface area contributed by atoms with Gasteiger partial charge in [-0.2, -0.15) is 0 Å². The third kappa shape index (κ3) is 3.28. The van der Waals surface area contributed by atoms with Crippen LogP contribution in [0.1, 0.15) is 5.56 Å². The summed E-state index contributed by atoms with van der Waals surface area (Å²) in [6.45, 7) is 4.44. The van der Waals surface area contributed by atoms with Crippen LogP contribution in [0.25, 0.3) is 0 Å². The fourth-order valence-corrected chi connectivity index (χ4v) is 2.73. The lowest BCUT2D eigenvalue weighted by molar-refractivity contribution is 0.647. The van der Waals surface area contributed by atoms with E-state index in [2.05, 4.69) is 33.0 Å². The zero-order valence-electron chi connectivity index (χ0n) is 11.9. The van der Waals surface area contributed by atoms with Gasteiger partial charge in [-0.1, -0.05) is 11.6 Å². The fourth-order valence-electron chi connectivity index (χ4n) is 2.61. The molecule has 21 heavy (non-hydrogen) atoms. The summed E-state index contributed by atoms with van der Waals surface area (Å²) >= 11 is 5.94. The van der Waals surface area contributed by atoms with Crippen molar-refractivity contribution in [1.82, 2.24) is 4.98 Å². The number of hydrogen-bond acceptors (Lipinski definition) is 4. The Hall–Kier alpha value is -1.78. The maximum absolute atomic E-state index is 5.94. The molecular weight excluding hydrogens is 284 g/mol. The smallest absolute Gasteiger partial charge is 0.128 e. The molecule has 1 saturated heterocycles. The van der Waals surface area contributed by atoms with E-state index >= 15 is 0 Å². The van der Waals surface area contributed by atoms with Crippen LogP contribution in [0.15, 0.2) is 42.6 Å². The Morgan fingerprint density at radius 3 is 2.33 bits per heavy atom. The minimum atomic E-state index is 0.556. The van der Waals surface area contributed by atoms with E-state index in [9.17, 15) is 0 Å². The topological polar surface area (TPSA) is 45.4 Å². The van der Waals surface area contributed by atoms with Gasteiger partial charge in [0, 0.05) is 49.6 Å². The summed E-state index contributed by atoms with van der Waals surface area (Å²) in [5.74, 6) is 1.02. The molecule has 0 radical (unpaired) electrons. The highest BCUT2D eigenvalue weighted by Crippen LogP contribution is 2.21. The van der Waals surface area contributed by atoms with Crippen LogP contribution in [0, 0.1) is 0 Å². The van der Waals surface area contributed by atoms with Crippen LogP contribution in [-0.2, 0) is 6.54 Å². The van der Waals surface area contributed by atoms with Crippen molar-refractivity contribution in [3.8, 4) is 0 Å². The van der Waals surface area contributed by atoms with Gasteiger partial charge in [0.2, 0.25) is 0 Å². The van der Waals surface area contributed by atoms with Gasteiger partial charge in [-0.15, -0.1) is 0 Å². The van der Waals surface area contributed by atoms with Crippen LogP contribution in [0.4, 0.5) is 11.5 Å². The number of rotatable bonds is 3. The van der Waals surface area contributed by atoms with E-state index in [-0.39, 0.29) is 0 Å². The van der Waals surface area contributed by atoms with Crippen LogP contribution >= 0.6 is 11.6 Å². The summed E-state index contributed by atoms with van der Waals surface area (Å²) in [5, 5.41) is 0.778. The molecular formula is C16H19ClN4. The summed E-state index contributed by atoms with van der Waals surface area (Å²) in [6, 6.07) is 12.1.